The summed E-state index contributed by atoms with van der Waals surface area (Å²) in [4.78, 5) is 10.4. The molecule has 108 valence electrons. The molecule has 0 heterocycles. The molecule has 6 heteroatoms. The van der Waals surface area contributed by atoms with Crippen molar-refractivity contribution in [2.45, 2.75) is 45.9 Å². The lowest BCUT2D eigenvalue weighted by atomic mass is 10.2. The summed E-state index contributed by atoms with van der Waals surface area (Å²) in [5.74, 6) is -1.86. The molecule has 0 fully saturated rings. The Morgan fingerprint density at radius 2 is 1.58 bits per heavy atom. The molecule has 0 aliphatic heterocycles. The second kappa shape index (κ2) is 6.56. The highest BCUT2D eigenvalue weighted by Gasteiger charge is 2.39. The fourth-order valence-electron chi connectivity index (χ4n) is 1.76. The SMILES string of the molecule is CC(C)O[Si](O)(Cc1ccc(F)c(F)c1)OC(C)C. The third-order valence-corrected chi connectivity index (χ3v) is 4.79. The van der Waals surface area contributed by atoms with Gasteiger partial charge in [-0.05, 0) is 45.4 Å². The van der Waals surface area contributed by atoms with Crippen molar-refractivity contribution in [2.75, 3.05) is 0 Å². The molecule has 0 bridgehead atoms. The van der Waals surface area contributed by atoms with Gasteiger partial charge in [0.1, 0.15) is 0 Å². The zero-order valence-electron chi connectivity index (χ0n) is 11.6. The smallest absolute Gasteiger partial charge is 0.389 e. The Kier molecular flexibility index (Phi) is 5.60. The van der Waals surface area contributed by atoms with Gasteiger partial charge in [-0.2, -0.15) is 0 Å². The van der Waals surface area contributed by atoms with E-state index in [0.29, 0.717) is 5.56 Å². The molecular formula is C13H20F2O3Si. The Morgan fingerprint density at radius 3 is 2.00 bits per heavy atom. The first-order chi connectivity index (χ1) is 8.72. The quantitative estimate of drug-likeness (QED) is 0.819. The van der Waals surface area contributed by atoms with Gasteiger partial charge in [0.15, 0.2) is 11.6 Å². The van der Waals surface area contributed by atoms with Gasteiger partial charge in [-0.1, -0.05) is 6.07 Å². The van der Waals surface area contributed by atoms with Crippen molar-refractivity contribution in [3.8, 4) is 0 Å². The third-order valence-electron chi connectivity index (χ3n) is 2.25. The number of halogens is 2. The maximum absolute atomic E-state index is 13.2. The van der Waals surface area contributed by atoms with E-state index in [4.69, 9.17) is 8.85 Å². The van der Waals surface area contributed by atoms with Gasteiger partial charge in [0.05, 0.1) is 0 Å². The third kappa shape index (κ3) is 5.36. The van der Waals surface area contributed by atoms with E-state index in [9.17, 15) is 13.6 Å². The monoisotopic (exact) mass is 290 g/mol. The van der Waals surface area contributed by atoms with E-state index in [-0.39, 0.29) is 18.3 Å². The normalized spacial score (nSPS) is 12.5. The van der Waals surface area contributed by atoms with E-state index in [1.165, 1.54) is 6.07 Å². The molecule has 0 radical (unpaired) electrons. The summed E-state index contributed by atoms with van der Waals surface area (Å²) in [7, 11) is -3.45. The van der Waals surface area contributed by atoms with Crippen molar-refractivity contribution in [3.05, 3.63) is 35.4 Å². The first-order valence-corrected chi connectivity index (χ1v) is 8.21. The summed E-state index contributed by atoms with van der Waals surface area (Å²) in [5, 5.41) is 0. The van der Waals surface area contributed by atoms with Crippen LogP contribution >= 0.6 is 0 Å². The van der Waals surface area contributed by atoms with Crippen LogP contribution in [0.5, 0.6) is 0 Å². The van der Waals surface area contributed by atoms with Gasteiger partial charge in [-0.25, -0.2) is 8.78 Å². The molecule has 1 rings (SSSR count). The second-order valence-electron chi connectivity index (χ2n) is 4.97. The summed E-state index contributed by atoms with van der Waals surface area (Å²) in [6.45, 7) is 7.14. The lowest BCUT2D eigenvalue weighted by Gasteiger charge is -2.28. The van der Waals surface area contributed by atoms with Crippen molar-refractivity contribution < 1.29 is 22.4 Å². The summed E-state index contributed by atoms with van der Waals surface area (Å²) < 4.78 is 37.0. The Morgan fingerprint density at radius 1 is 1.05 bits per heavy atom. The minimum absolute atomic E-state index is 0.0561. The lowest BCUT2D eigenvalue weighted by molar-refractivity contribution is 0.0469. The molecule has 19 heavy (non-hydrogen) atoms. The zero-order valence-corrected chi connectivity index (χ0v) is 12.6. The molecule has 0 spiro atoms. The lowest BCUT2D eigenvalue weighted by Crippen LogP contribution is -2.48. The second-order valence-corrected chi connectivity index (χ2v) is 7.22. The van der Waals surface area contributed by atoms with Gasteiger partial charge in [0, 0.05) is 18.3 Å². The van der Waals surface area contributed by atoms with Crippen LogP contribution in [0, 0.1) is 11.6 Å². The van der Waals surface area contributed by atoms with E-state index in [0.717, 1.165) is 12.1 Å². The number of hydrogen-bond donors (Lipinski definition) is 1. The molecule has 0 atom stereocenters. The Labute approximate surface area is 113 Å². The molecular weight excluding hydrogens is 270 g/mol. The van der Waals surface area contributed by atoms with Crippen molar-refractivity contribution in [1.82, 2.24) is 0 Å². The van der Waals surface area contributed by atoms with Crippen molar-refractivity contribution in [3.63, 3.8) is 0 Å². The standard InChI is InChI=1S/C13H20F2O3Si/c1-9(2)17-19(16,18-10(3)4)8-11-5-6-12(14)13(15)7-11/h5-7,9-10,16H,8H2,1-4H3. The Bertz CT molecular complexity index is 414. The molecule has 1 aromatic rings. The van der Waals surface area contributed by atoms with Gasteiger partial charge >= 0.3 is 8.80 Å². The topological polar surface area (TPSA) is 38.7 Å². The first-order valence-electron chi connectivity index (χ1n) is 6.24. The van der Waals surface area contributed by atoms with Crippen LogP contribution in [0.15, 0.2) is 18.2 Å². The first kappa shape index (κ1) is 16.2. The van der Waals surface area contributed by atoms with Gasteiger partial charge in [0.2, 0.25) is 0 Å². The summed E-state index contributed by atoms with van der Waals surface area (Å²) in [6, 6.07) is 3.56. The summed E-state index contributed by atoms with van der Waals surface area (Å²) >= 11 is 0. The van der Waals surface area contributed by atoms with Crippen LogP contribution in [0.3, 0.4) is 0 Å². The molecule has 1 N–H and O–H groups in total. The maximum Gasteiger partial charge on any atom is 0.503 e. The average Bonchev–Trinajstić information content (AvgIpc) is 2.20. The number of benzene rings is 1. The fraction of sp³-hybridized carbons (Fsp3) is 0.538. The van der Waals surface area contributed by atoms with Crippen molar-refractivity contribution in [2.24, 2.45) is 0 Å². The minimum Gasteiger partial charge on any atom is -0.389 e. The van der Waals surface area contributed by atoms with Crippen LogP contribution in [0.1, 0.15) is 33.3 Å². The van der Waals surface area contributed by atoms with Crippen LogP contribution in [-0.2, 0) is 14.9 Å². The molecule has 0 aliphatic rings. The molecule has 1 aromatic carbocycles. The van der Waals surface area contributed by atoms with E-state index in [2.05, 4.69) is 0 Å². The highest BCUT2D eigenvalue weighted by atomic mass is 28.4. The van der Waals surface area contributed by atoms with Crippen LogP contribution in [0.2, 0.25) is 0 Å². The number of rotatable bonds is 6. The largest absolute Gasteiger partial charge is 0.503 e. The summed E-state index contributed by atoms with van der Waals surface area (Å²) in [5.41, 5.74) is 0.453. The number of hydrogen-bond acceptors (Lipinski definition) is 3. The fourth-order valence-corrected chi connectivity index (χ4v) is 4.19. The van der Waals surface area contributed by atoms with Crippen molar-refractivity contribution in [1.29, 1.82) is 0 Å². The van der Waals surface area contributed by atoms with Gasteiger partial charge in [-0.15, -0.1) is 0 Å². The van der Waals surface area contributed by atoms with Gasteiger partial charge in [0.25, 0.3) is 0 Å². The predicted octanol–water partition coefficient (Wildman–Crippen LogP) is 2.83. The van der Waals surface area contributed by atoms with E-state index in [1.807, 2.05) is 0 Å². The molecule has 0 aromatic heterocycles. The van der Waals surface area contributed by atoms with E-state index >= 15 is 0 Å². The van der Waals surface area contributed by atoms with E-state index in [1.54, 1.807) is 27.7 Å². The highest BCUT2D eigenvalue weighted by Crippen LogP contribution is 2.18. The van der Waals surface area contributed by atoms with Crippen LogP contribution in [0.25, 0.3) is 0 Å². The predicted molar refractivity (Wildman–Crippen MR) is 70.5 cm³/mol. The summed E-state index contributed by atoms with van der Waals surface area (Å²) in [6.07, 6.45) is -0.415. The van der Waals surface area contributed by atoms with Gasteiger partial charge < -0.3 is 13.6 Å². The van der Waals surface area contributed by atoms with E-state index < -0.39 is 20.4 Å². The Hall–Kier alpha value is -0.823. The molecule has 0 unspecified atom stereocenters. The molecule has 0 saturated carbocycles. The molecule has 0 amide bonds. The maximum atomic E-state index is 13.2. The van der Waals surface area contributed by atoms with Crippen LogP contribution in [-0.4, -0.2) is 25.8 Å². The molecule has 3 nitrogen and oxygen atoms in total. The zero-order chi connectivity index (χ0) is 14.6. The average molecular weight is 290 g/mol. The molecule has 0 aliphatic carbocycles. The van der Waals surface area contributed by atoms with Crippen LogP contribution in [0.4, 0.5) is 8.78 Å². The van der Waals surface area contributed by atoms with Crippen LogP contribution < -0.4 is 0 Å². The minimum atomic E-state index is -3.45. The van der Waals surface area contributed by atoms with Gasteiger partial charge in [-0.3, -0.25) is 0 Å². The highest BCUT2D eigenvalue weighted by molar-refractivity contribution is 6.58. The molecule has 0 saturated heterocycles. The Balaban J connectivity index is 2.89. The van der Waals surface area contributed by atoms with Crippen molar-refractivity contribution >= 4 is 8.80 Å².